The first kappa shape index (κ1) is 13.2. The van der Waals surface area contributed by atoms with E-state index >= 15 is 0 Å². The van der Waals surface area contributed by atoms with Crippen molar-refractivity contribution in [2.45, 2.75) is 6.42 Å². The molecule has 0 saturated heterocycles. The van der Waals surface area contributed by atoms with Crippen molar-refractivity contribution in [3.63, 3.8) is 0 Å². The van der Waals surface area contributed by atoms with E-state index in [9.17, 15) is 9.50 Å². The molecule has 6 nitrogen and oxygen atoms in total. The maximum Gasteiger partial charge on any atom is 0.183 e. The van der Waals surface area contributed by atoms with Gasteiger partial charge in [-0.25, -0.2) is 24.3 Å². The van der Waals surface area contributed by atoms with E-state index in [4.69, 9.17) is 0 Å². The Hall–Kier alpha value is -2.83. The van der Waals surface area contributed by atoms with Gasteiger partial charge >= 0.3 is 0 Å². The number of phenols is 1. The van der Waals surface area contributed by atoms with E-state index in [1.54, 1.807) is 18.5 Å². The lowest BCUT2D eigenvalue weighted by Gasteiger charge is -2.08. The fourth-order valence-corrected chi connectivity index (χ4v) is 1.98. The number of benzene rings is 1. The van der Waals surface area contributed by atoms with Gasteiger partial charge in [0.1, 0.15) is 23.4 Å². The molecule has 0 aliphatic heterocycles. The average molecular weight is 285 g/mol. The normalized spacial score (nSPS) is 10.7. The minimum absolute atomic E-state index is 0.0821. The summed E-state index contributed by atoms with van der Waals surface area (Å²) in [6.07, 6.45) is 4.99. The molecule has 2 heterocycles. The second kappa shape index (κ2) is 5.66. The smallest absolute Gasteiger partial charge is 0.183 e. The number of nitrogens with zero attached hydrogens (tertiary/aromatic N) is 4. The molecule has 0 radical (unpaired) electrons. The van der Waals surface area contributed by atoms with Crippen LogP contribution in [0, 0.1) is 5.82 Å². The van der Waals surface area contributed by atoms with Gasteiger partial charge in [0.05, 0.1) is 0 Å². The number of fused-ring (bicyclic) bond motifs is 1. The molecular formula is C14H12FN5O. The standard InChI is InChI=1S/C14H12FN5O/c15-11-7-10(21)2-1-9(11)3-4-17-13-12-14(20-8-19-13)18-6-5-16-12/h1-2,5-8,21H,3-4H2,(H,17,18,19,20). The van der Waals surface area contributed by atoms with E-state index in [-0.39, 0.29) is 5.75 Å². The molecule has 2 N–H and O–H groups in total. The van der Waals surface area contributed by atoms with E-state index in [1.165, 1.54) is 12.4 Å². The highest BCUT2D eigenvalue weighted by Crippen LogP contribution is 2.17. The van der Waals surface area contributed by atoms with Crippen molar-refractivity contribution in [3.8, 4) is 5.75 Å². The predicted molar refractivity (Wildman–Crippen MR) is 75.4 cm³/mol. The molecule has 21 heavy (non-hydrogen) atoms. The Morgan fingerprint density at radius 3 is 2.81 bits per heavy atom. The Labute approximate surface area is 119 Å². The summed E-state index contributed by atoms with van der Waals surface area (Å²) in [5, 5.41) is 12.3. The van der Waals surface area contributed by atoms with E-state index in [2.05, 4.69) is 25.3 Å². The van der Waals surface area contributed by atoms with E-state index in [0.29, 0.717) is 35.5 Å². The monoisotopic (exact) mass is 285 g/mol. The molecule has 0 spiro atoms. The van der Waals surface area contributed by atoms with Crippen LogP contribution in [0.5, 0.6) is 5.75 Å². The molecule has 0 fully saturated rings. The van der Waals surface area contributed by atoms with Crippen molar-refractivity contribution in [1.29, 1.82) is 0 Å². The van der Waals surface area contributed by atoms with Gasteiger partial charge in [-0.15, -0.1) is 0 Å². The highest BCUT2D eigenvalue weighted by Gasteiger charge is 2.06. The van der Waals surface area contributed by atoms with Crippen LogP contribution < -0.4 is 5.32 Å². The summed E-state index contributed by atoms with van der Waals surface area (Å²) < 4.78 is 13.6. The van der Waals surface area contributed by atoms with Gasteiger partial charge < -0.3 is 10.4 Å². The minimum atomic E-state index is -0.427. The zero-order chi connectivity index (χ0) is 14.7. The van der Waals surface area contributed by atoms with Crippen molar-refractivity contribution in [2.24, 2.45) is 0 Å². The number of phenolic OH excluding ortho intramolecular Hbond substituents is 1. The molecular weight excluding hydrogens is 273 g/mol. The number of hydrogen-bond acceptors (Lipinski definition) is 6. The van der Waals surface area contributed by atoms with Crippen molar-refractivity contribution in [2.75, 3.05) is 11.9 Å². The fraction of sp³-hybridized carbons (Fsp3) is 0.143. The number of aromatic hydroxyl groups is 1. The molecule has 7 heteroatoms. The number of hydrogen-bond donors (Lipinski definition) is 2. The Bertz CT molecular complexity index is 775. The van der Waals surface area contributed by atoms with Crippen LogP contribution in [0.3, 0.4) is 0 Å². The minimum Gasteiger partial charge on any atom is -0.508 e. The van der Waals surface area contributed by atoms with Crippen LogP contribution in [-0.2, 0) is 6.42 Å². The van der Waals surface area contributed by atoms with Gasteiger partial charge in [0.2, 0.25) is 0 Å². The summed E-state index contributed by atoms with van der Waals surface area (Å²) in [5.74, 6) is 0.0534. The van der Waals surface area contributed by atoms with Crippen molar-refractivity contribution in [3.05, 3.63) is 48.3 Å². The summed E-state index contributed by atoms with van der Waals surface area (Å²) in [5.41, 5.74) is 1.60. The fourth-order valence-electron chi connectivity index (χ4n) is 1.98. The number of halogens is 1. The lowest BCUT2D eigenvalue weighted by molar-refractivity contribution is 0.468. The van der Waals surface area contributed by atoms with Gasteiger partial charge in [-0.2, -0.15) is 0 Å². The molecule has 0 atom stereocenters. The maximum atomic E-state index is 13.6. The third-order valence-electron chi connectivity index (χ3n) is 2.99. The van der Waals surface area contributed by atoms with Crippen molar-refractivity contribution < 1.29 is 9.50 Å². The third kappa shape index (κ3) is 2.86. The molecule has 0 saturated carbocycles. The molecule has 0 bridgehead atoms. The molecule has 3 rings (SSSR count). The van der Waals surface area contributed by atoms with Crippen LogP contribution in [0.4, 0.5) is 10.2 Å². The zero-order valence-corrected chi connectivity index (χ0v) is 11.0. The summed E-state index contributed by atoms with van der Waals surface area (Å²) in [7, 11) is 0. The number of rotatable bonds is 4. The summed E-state index contributed by atoms with van der Waals surface area (Å²) in [4.78, 5) is 16.4. The molecule has 0 aliphatic rings. The maximum absolute atomic E-state index is 13.6. The lowest BCUT2D eigenvalue weighted by atomic mass is 10.1. The Morgan fingerprint density at radius 1 is 1.10 bits per heavy atom. The van der Waals surface area contributed by atoms with Gasteiger partial charge in [-0.3, -0.25) is 0 Å². The largest absolute Gasteiger partial charge is 0.508 e. The summed E-state index contributed by atoms with van der Waals surface area (Å²) >= 11 is 0. The molecule has 3 aromatic rings. The van der Waals surface area contributed by atoms with E-state index in [1.807, 2.05) is 0 Å². The molecule has 1 aromatic carbocycles. The number of nitrogens with one attached hydrogen (secondary N) is 1. The van der Waals surface area contributed by atoms with Crippen LogP contribution in [0.1, 0.15) is 5.56 Å². The summed E-state index contributed by atoms with van der Waals surface area (Å²) in [6.45, 7) is 0.477. The second-order valence-corrected chi connectivity index (χ2v) is 4.40. The summed E-state index contributed by atoms with van der Waals surface area (Å²) in [6, 6.07) is 4.12. The van der Waals surface area contributed by atoms with Crippen molar-refractivity contribution >= 4 is 17.0 Å². The van der Waals surface area contributed by atoms with E-state index < -0.39 is 5.82 Å². The highest BCUT2D eigenvalue weighted by atomic mass is 19.1. The van der Waals surface area contributed by atoms with E-state index in [0.717, 1.165) is 6.07 Å². The molecule has 2 aromatic heterocycles. The Morgan fingerprint density at radius 2 is 1.95 bits per heavy atom. The molecule has 0 unspecified atom stereocenters. The first-order chi connectivity index (χ1) is 10.2. The Kier molecular flexibility index (Phi) is 3.55. The topological polar surface area (TPSA) is 83.8 Å². The highest BCUT2D eigenvalue weighted by molar-refractivity contribution is 5.81. The van der Waals surface area contributed by atoms with Gasteiger partial charge in [0.15, 0.2) is 11.5 Å². The third-order valence-corrected chi connectivity index (χ3v) is 2.99. The zero-order valence-electron chi connectivity index (χ0n) is 11.0. The molecule has 106 valence electrons. The second-order valence-electron chi connectivity index (χ2n) is 4.40. The lowest BCUT2D eigenvalue weighted by Crippen LogP contribution is -2.08. The van der Waals surface area contributed by atoms with Crippen LogP contribution >= 0.6 is 0 Å². The average Bonchev–Trinajstić information content (AvgIpc) is 2.50. The molecule has 0 aliphatic carbocycles. The predicted octanol–water partition coefficient (Wildman–Crippen LogP) is 1.92. The number of anilines is 1. The van der Waals surface area contributed by atoms with Gasteiger partial charge in [0.25, 0.3) is 0 Å². The van der Waals surface area contributed by atoms with Gasteiger partial charge in [-0.05, 0) is 18.1 Å². The van der Waals surface area contributed by atoms with Crippen molar-refractivity contribution in [1.82, 2.24) is 19.9 Å². The van der Waals surface area contributed by atoms with Crippen LogP contribution in [0.15, 0.2) is 36.9 Å². The SMILES string of the molecule is Oc1ccc(CCNc2ncnc3nccnc23)c(F)c1. The van der Waals surface area contributed by atoms with Crippen LogP contribution in [0.2, 0.25) is 0 Å². The first-order valence-corrected chi connectivity index (χ1v) is 6.37. The quantitative estimate of drug-likeness (QED) is 0.762. The van der Waals surface area contributed by atoms with Gasteiger partial charge in [0, 0.05) is 25.0 Å². The first-order valence-electron chi connectivity index (χ1n) is 6.37. The van der Waals surface area contributed by atoms with Gasteiger partial charge in [-0.1, -0.05) is 6.07 Å². The van der Waals surface area contributed by atoms with Crippen LogP contribution in [-0.4, -0.2) is 31.6 Å². The number of aromatic nitrogens is 4. The Balaban J connectivity index is 1.72. The van der Waals surface area contributed by atoms with Crippen LogP contribution in [0.25, 0.3) is 11.2 Å². The molecule has 0 amide bonds.